The van der Waals surface area contributed by atoms with E-state index in [1.54, 1.807) is 0 Å². The number of carboxylic acid groups (broad SMARTS) is 2. The molecule has 0 amide bonds. The van der Waals surface area contributed by atoms with Gasteiger partial charge in [-0.05, 0) is 51.1 Å². The maximum Gasteiger partial charge on any atom is 0.320 e. The molecule has 23 heavy (non-hydrogen) atoms. The molecule has 9 heteroatoms. The molecule has 2 atom stereocenters. The molecule has 7 nitrogen and oxygen atoms in total. The maximum absolute atomic E-state index is 10.7. The monoisotopic (exact) mass is 364 g/mol. The number of rotatable bonds is 12. The summed E-state index contributed by atoms with van der Waals surface area (Å²) >= 11 is 0. The van der Waals surface area contributed by atoms with Crippen LogP contribution >= 0.6 is 0 Å². The number of hydrogen-bond donors (Lipinski definition) is 4. The highest BCUT2D eigenvalue weighted by Crippen LogP contribution is 2.25. The van der Waals surface area contributed by atoms with Crippen LogP contribution in [-0.4, -0.2) is 50.9 Å². The molecule has 0 radical (unpaired) electrons. The topological polar surface area (TPSA) is 136 Å². The summed E-state index contributed by atoms with van der Waals surface area (Å²) in [5.41, 5.74) is 11.0. The predicted octanol–water partition coefficient (Wildman–Crippen LogP) is 1.80. The standard InChI is InChI=1S/C14H32N2O5Si2/c1-22(2,9-5-7-11(15)13(17)18)21-23(3,4)10-6-8-12(16)14(19)20/h11-12H,5-10,15-16H2,1-4H3,(H,17,18)(H,19,20). The Labute approximate surface area is 140 Å². The first kappa shape index (κ1) is 22.3. The fourth-order valence-electron chi connectivity index (χ4n) is 2.59. The lowest BCUT2D eigenvalue weighted by Gasteiger charge is -2.34. The molecule has 6 N–H and O–H groups in total. The molecule has 0 aliphatic heterocycles. The highest BCUT2D eigenvalue weighted by molar-refractivity contribution is 6.84. The van der Waals surface area contributed by atoms with Gasteiger partial charge in [-0.15, -0.1) is 0 Å². The van der Waals surface area contributed by atoms with Crippen LogP contribution in [-0.2, 0) is 13.7 Å². The van der Waals surface area contributed by atoms with E-state index < -0.39 is 40.7 Å². The van der Waals surface area contributed by atoms with Crippen LogP contribution in [0.25, 0.3) is 0 Å². The number of hydrogen-bond acceptors (Lipinski definition) is 5. The Morgan fingerprint density at radius 3 is 1.43 bits per heavy atom. The highest BCUT2D eigenvalue weighted by atomic mass is 28.4. The van der Waals surface area contributed by atoms with Crippen molar-refractivity contribution in [2.45, 2.75) is 76.0 Å². The first-order chi connectivity index (χ1) is 10.4. The van der Waals surface area contributed by atoms with Crippen molar-refractivity contribution < 1.29 is 23.9 Å². The van der Waals surface area contributed by atoms with Crippen molar-refractivity contribution in [1.29, 1.82) is 0 Å². The van der Waals surface area contributed by atoms with Gasteiger partial charge in [0.25, 0.3) is 0 Å². The molecule has 0 fully saturated rings. The van der Waals surface area contributed by atoms with Gasteiger partial charge in [-0.2, -0.15) is 0 Å². The molecule has 0 bridgehead atoms. The second-order valence-corrected chi connectivity index (χ2v) is 16.2. The quantitative estimate of drug-likeness (QED) is 0.388. The van der Waals surface area contributed by atoms with Crippen molar-refractivity contribution in [3.63, 3.8) is 0 Å². The third-order valence-corrected chi connectivity index (χ3v) is 11.3. The van der Waals surface area contributed by atoms with Crippen LogP contribution in [0.2, 0.25) is 38.3 Å². The van der Waals surface area contributed by atoms with Crippen LogP contribution in [0.4, 0.5) is 0 Å². The molecule has 0 saturated carbocycles. The van der Waals surface area contributed by atoms with Crippen molar-refractivity contribution in [3.05, 3.63) is 0 Å². The molecule has 0 aromatic rings. The van der Waals surface area contributed by atoms with Gasteiger partial charge in [-0.25, -0.2) is 0 Å². The Morgan fingerprint density at radius 2 is 1.17 bits per heavy atom. The Kier molecular flexibility index (Phi) is 9.22. The van der Waals surface area contributed by atoms with Crippen molar-refractivity contribution in [1.82, 2.24) is 0 Å². The molecule has 0 spiro atoms. The Bertz CT molecular complexity index is 369. The number of aliphatic carboxylic acids is 2. The lowest BCUT2D eigenvalue weighted by molar-refractivity contribution is -0.139. The minimum atomic E-state index is -1.87. The average Bonchev–Trinajstić information content (AvgIpc) is 2.36. The number of carboxylic acids is 2. The summed E-state index contributed by atoms with van der Waals surface area (Å²) in [5, 5.41) is 17.6. The zero-order valence-corrected chi connectivity index (χ0v) is 16.7. The minimum Gasteiger partial charge on any atom is -0.480 e. The molecule has 136 valence electrons. The third-order valence-electron chi connectivity index (χ3n) is 3.77. The van der Waals surface area contributed by atoms with E-state index >= 15 is 0 Å². The average molecular weight is 365 g/mol. The van der Waals surface area contributed by atoms with Crippen LogP contribution in [0.15, 0.2) is 0 Å². The molecular formula is C14H32N2O5Si2. The zero-order valence-electron chi connectivity index (χ0n) is 14.7. The molecular weight excluding hydrogens is 332 g/mol. The van der Waals surface area contributed by atoms with Crippen LogP contribution < -0.4 is 11.5 Å². The maximum atomic E-state index is 10.7. The van der Waals surface area contributed by atoms with E-state index in [0.717, 1.165) is 24.9 Å². The summed E-state index contributed by atoms with van der Waals surface area (Å²) in [5.74, 6) is -1.93. The van der Waals surface area contributed by atoms with Gasteiger partial charge >= 0.3 is 11.9 Å². The first-order valence-corrected chi connectivity index (χ1v) is 14.3. The lowest BCUT2D eigenvalue weighted by Crippen LogP contribution is -2.44. The smallest absolute Gasteiger partial charge is 0.320 e. The first-order valence-electron chi connectivity index (χ1n) is 8.03. The molecule has 0 rings (SSSR count). The van der Waals surface area contributed by atoms with Gasteiger partial charge in [0.1, 0.15) is 12.1 Å². The van der Waals surface area contributed by atoms with E-state index in [9.17, 15) is 9.59 Å². The van der Waals surface area contributed by atoms with Gasteiger partial charge in [-0.3, -0.25) is 9.59 Å². The Balaban J connectivity index is 4.23. The van der Waals surface area contributed by atoms with Crippen LogP contribution in [0.5, 0.6) is 0 Å². The molecule has 2 unspecified atom stereocenters. The largest absolute Gasteiger partial charge is 0.480 e. The molecule has 0 aliphatic carbocycles. The SMILES string of the molecule is C[Si](C)(CCCC(N)C(=O)O)O[Si](C)(C)CCCC(N)C(=O)O. The van der Waals surface area contributed by atoms with Crippen molar-refractivity contribution >= 4 is 28.6 Å². The van der Waals surface area contributed by atoms with Gasteiger partial charge in [0, 0.05) is 0 Å². The van der Waals surface area contributed by atoms with Gasteiger partial charge in [0.15, 0.2) is 16.6 Å². The number of carbonyl (C=O) groups is 2. The van der Waals surface area contributed by atoms with Crippen LogP contribution in [0, 0.1) is 0 Å². The van der Waals surface area contributed by atoms with Crippen molar-refractivity contribution in [2.24, 2.45) is 11.5 Å². The van der Waals surface area contributed by atoms with E-state index in [0.29, 0.717) is 12.8 Å². The van der Waals surface area contributed by atoms with E-state index in [2.05, 4.69) is 26.2 Å². The second-order valence-electron chi connectivity index (χ2n) is 7.30. The van der Waals surface area contributed by atoms with E-state index in [1.807, 2.05) is 0 Å². The fraction of sp³-hybridized carbons (Fsp3) is 0.857. The summed E-state index contributed by atoms with van der Waals surface area (Å²) in [4.78, 5) is 21.4. The normalized spacial score (nSPS) is 15.2. The molecule has 0 aliphatic rings. The predicted molar refractivity (Wildman–Crippen MR) is 95.4 cm³/mol. The van der Waals surface area contributed by atoms with E-state index in [4.69, 9.17) is 25.8 Å². The van der Waals surface area contributed by atoms with E-state index in [-0.39, 0.29) is 0 Å². The van der Waals surface area contributed by atoms with E-state index in [1.165, 1.54) is 0 Å². The molecule has 0 heterocycles. The highest BCUT2D eigenvalue weighted by Gasteiger charge is 2.32. The summed E-state index contributed by atoms with van der Waals surface area (Å²) in [6.07, 6.45) is 2.43. The van der Waals surface area contributed by atoms with Gasteiger partial charge in [0.05, 0.1) is 0 Å². The van der Waals surface area contributed by atoms with Crippen molar-refractivity contribution in [2.75, 3.05) is 0 Å². The molecule has 0 saturated heterocycles. The Morgan fingerprint density at radius 1 is 0.870 bits per heavy atom. The van der Waals surface area contributed by atoms with Crippen LogP contribution in [0.3, 0.4) is 0 Å². The Hall–Kier alpha value is -0.746. The minimum absolute atomic E-state index is 0.463. The molecule has 0 aromatic carbocycles. The third kappa shape index (κ3) is 10.6. The van der Waals surface area contributed by atoms with Crippen molar-refractivity contribution in [3.8, 4) is 0 Å². The fourth-order valence-corrected chi connectivity index (χ4v) is 11.5. The van der Waals surface area contributed by atoms with Gasteiger partial charge in [0.2, 0.25) is 0 Å². The van der Waals surface area contributed by atoms with Gasteiger partial charge < -0.3 is 25.8 Å². The summed E-state index contributed by atoms with van der Waals surface area (Å²) in [6, 6.07) is 0.142. The zero-order chi connectivity index (χ0) is 18.3. The number of nitrogens with two attached hydrogens (primary N) is 2. The second kappa shape index (κ2) is 9.53. The van der Waals surface area contributed by atoms with Gasteiger partial charge in [-0.1, -0.05) is 12.8 Å². The van der Waals surface area contributed by atoms with Crippen LogP contribution in [0.1, 0.15) is 25.7 Å². The lowest BCUT2D eigenvalue weighted by atomic mass is 10.2. The summed E-state index contributed by atoms with van der Waals surface area (Å²) in [7, 11) is -3.75. The molecule has 0 aromatic heterocycles. The summed E-state index contributed by atoms with van der Waals surface area (Å²) in [6.45, 7) is 8.54. The summed E-state index contributed by atoms with van der Waals surface area (Å²) < 4.78 is 6.41.